The van der Waals surface area contributed by atoms with Gasteiger partial charge >= 0.3 is 0 Å². The van der Waals surface area contributed by atoms with Gasteiger partial charge in [0.25, 0.3) is 0 Å². The molecule has 0 saturated carbocycles. The predicted octanol–water partition coefficient (Wildman–Crippen LogP) is 8.48. The third kappa shape index (κ3) is 3.10. The van der Waals surface area contributed by atoms with E-state index in [1.54, 1.807) is 0 Å². The van der Waals surface area contributed by atoms with Crippen molar-refractivity contribution in [3.05, 3.63) is 0 Å². The van der Waals surface area contributed by atoms with E-state index in [1.165, 1.54) is 12.8 Å². The van der Waals surface area contributed by atoms with Gasteiger partial charge in [-0.2, -0.15) is 22.2 Å². The fourth-order valence-corrected chi connectivity index (χ4v) is 102. The standard InChI is InChI=1S/C18H46Cl2Si6/c1-21(2,3)17(22(4,5)6)15-16-18(23(7,8)9,24(10,11)12)26(17,20)25(13,14)19/h15-16H2,1-14H3. The van der Waals surface area contributed by atoms with E-state index in [-0.39, 0.29) is 0 Å². The van der Waals surface area contributed by atoms with Crippen LogP contribution in [0.1, 0.15) is 12.8 Å². The van der Waals surface area contributed by atoms with E-state index in [1.807, 2.05) is 0 Å². The van der Waals surface area contributed by atoms with Gasteiger partial charge < -0.3 is 0 Å². The topological polar surface area (TPSA) is 0 Å². The van der Waals surface area contributed by atoms with Gasteiger partial charge in [0.2, 0.25) is 0 Å². The average molecular weight is 502 g/mol. The first kappa shape index (κ1) is 25.9. The van der Waals surface area contributed by atoms with Gasteiger partial charge in [0.05, 0.1) is 0 Å². The third-order valence-corrected chi connectivity index (χ3v) is 68.2. The molecule has 1 aliphatic rings. The average Bonchev–Trinajstić information content (AvgIpc) is 2.57. The summed E-state index contributed by atoms with van der Waals surface area (Å²) in [5.74, 6) is 0. The minimum absolute atomic E-state index is 0.437. The number of rotatable bonds is 5. The van der Waals surface area contributed by atoms with Crippen molar-refractivity contribution in [2.45, 2.75) is 113 Å². The molecule has 0 amide bonds. The molecule has 0 aromatic heterocycles. The SMILES string of the molecule is C[Si](C)(C)C1([Si](C)(C)C)CCC([Si](C)(C)C)([Si](C)(C)C)[Si]1(Cl)[Si](C)(C)Cl. The van der Waals surface area contributed by atoms with Gasteiger partial charge in [-0.05, 0) is 8.57 Å². The number of halogens is 2. The van der Waals surface area contributed by atoms with Gasteiger partial charge in [-0.25, -0.2) is 0 Å². The maximum atomic E-state index is 8.44. The maximum absolute atomic E-state index is 8.44. The largest absolute Gasteiger partial charge is 0.170 e. The predicted molar refractivity (Wildman–Crippen MR) is 143 cm³/mol. The molecule has 1 aliphatic heterocycles. The van der Waals surface area contributed by atoms with Crippen molar-refractivity contribution < 1.29 is 0 Å². The highest BCUT2D eigenvalue weighted by Crippen LogP contribution is 2.79. The second-order valence-corrected chi connectivity index (χ2v) is 56.3. The molecule has 1 heterocycles. The van der Waals surface area contributed by atoms with Crippen LogP contribution in [0.3, 0.4) is 0 Å². The molecular weight excluding hydrogens is 456 g/mol. The zero-order chi connectivity index (χ0) is 21.4. The summed E-state index contributed by atoms with van der Waals surface area (Å²) in [6.45, 7) is 32.2. The molecule has 0 spiro atoms. The van der Waals surface area contributed by atoms with Gasteiger partial charge in [-0.3, -0.25) is 0 Å². The molecule has 0 radical (unpaired) electrons. The van der Waals surface area contributed by atoms with Crippen LogP contribution in [0.25, 0.3) is 0 Å². The summed E-state index contributed by atoms with van der Waals surface area (Å²) < 4.78 is 0.874. The molecule has 0 bridgehead atoms. The molecule has 1 fully saturated rings. The quantitative estimate of drug-likeness (QED) is 0.262. The van der Waals surface area contributed by atoms with Crippen molar-refractivity contribution in [3.63, 3.8) is 0 Å². The molecule has 8 heteroatoms. The van der Waals surface area contributed by atoms with Gasteiger partial charge in [-0.15, -0.1) is 0 Å². The molecule has 0 aromatic carbocycles. The lowest BCUT2D eigenvalue weighted by Gasteiger charge is -2.67. The first-order valence-corrected chi connectivity index (χ1v) is 32.4. The third-order valence-electron chi connectivity index (χ3n) is 7.99. The monoisotopic (exact) mass is 500 g/mol. The molecule has 0 aromatic rings. The fourth-order valence-electron chi connectivity index (χ4n) is 7.92. The van der Waals surface area contributed by atoms with Crippen LogP contribution in [-0.4, -0.2) is 46.1 Å². The van der Waals surface area contributed by atoms with Crippen LogP contribution < -0.4 is 0 Å². The van der Waals surface area contributed by atoms with Crippen molar-refractivity contribution in [1.82, 2.24) is 0 Å². The second-order valence-electron chi connectivity index (χ2n) is 13.4. The summed E-state index contributed by atoms with van der Waals surface area (Å²) in [5, 5.41) is 0. The van der Waals surface area contributed by atoms with E-state index >= 15 is 0 Å². The van der Waals surface area contributed by atoms with E-state index in [9.17, 15) is 0 Å². The Balaban J connectivity index is 4.23. The molecule has 0 aliphatic carbocycles. The minimum atomic E-state index is -2.27. The summed E-state index contributed by atoms with van der Waals surface area (Å²) in [5.41, 5.74) is 0. The minimum Gasteiger partial charge on any atom is -0.170 e. The summed E-state index contributed by atoms with van der Waals surface area (Å²) in [4.78, 5) is 0. The van der Waals surface area contributed by atoms with E-state index < -0.39 is 46.1 Å². The molecule has 0 nitrogen and oxygen atoms in total. The van der Waals surface area contributed by atoms with Gasteiger partial charge in [0.1, 0.15) is 0 Å². The Morgan fingerprint density at radius 1 is 0.538 bits per heavy atom. The summed E-state index contributed by atoms with van der Waals surface area (Å²) >= 11 is 16.1. The molecule has 0 N–H and O–H groups in total. The molecule has 0 unspecified atom stereocenters. The van der Waals surface area contributed by atoms with Crippen LogP contribution in [0.15, 0.2) is 0 Å². The highest BCUT2D eigenvalue weighted by molar-refractivity contribution is 7.78. The Morgan fingerprint density at radius 2 is 0.731 bits per heavy atom. The van der Waals surface area contributed by atoms with Crippen molar-refractivity contribution in [1.29, 1.82) is 0 Å². The molecule has 1 saturated heterocycles. The molecule has 0 atom stereocenters. The van der Waals surface area contributed by atoms with Crippen LogP contribution in [-0.2, 0) is 0 Å². The van der Waals surface area contributed by atoms with Gasteiger partial charge in [0.15, 0.2) is 13.8 Å². The van der Waals surface area contributed by atoms with Crippen LogP contribution in [0.5, 0.6) is 0 Å². The Labute approximate surface area is 180 Å². The zero-order valence-corrected chi connectivity index (χ0v) is 27.7. The lowest BCUT2D eigenvalue weighted by atomic mass is 10.4. The fraction of sp³-hybridized carbons (Fsp3) is 1.00. The van der Waals surface area contributed by atoms with E-state index in [0.29, 0.717) is 8.57 Å². The second kappa shape index (κ2) is 6.69. The zero-order valence-electron chi connectivity index (χ0n) is 20.2. The van der Waals surface area contributed by atoms with Crippen molar-refractivity contribution in [2.24, 2.45) is 0 Å². The first-order chi connectivity index (χ1) is 11.0. The van der Waals surface area contributed by atoms with Crippen LogP contribution in [0.4, 0.5) is 0 Å². The molecule has 26 heavy (non-hydrogen) atoms. The molecule has 1 rings (SSSR count). The normalized spacial score (nSPS) is 24.0. The number of hydrogen-bond donors (Lipinski definition) is 0. The van der Waals surface area contributed by atoms with Crippen molar-refractivity contribution in [3.8, 4) is 0 Å². The van der Waals surface area contributed by atoms with Crippen molar-refractivity contribution in [2.75, 3.05) is 0 Å². The van der Waals surface area contributed by atoms with Crippen LogP contribution in [0, 0.1) is 0 Å². The highest BCUT2D eigenvalue weighted by Gasteiger charge is 2.84. The lowest BCUT2D eigenvalue weighted by Crippen LogP contribution is -2.80. The first-order valence-electron chi connectivity index (χ1n) is 10.3. The Kier molecular flexibility index (Phi) is 6.67. The molecular formula is C18H46Cl2Si6. The molecule has 156 valence electrons. The lowest BCUT2D eigenvalue weighted by molar-refractivity contribution is 0.763. The Morgan fingerprint density at radius 3 is 0.846 bits per heavy atom. The Hall–Kier alpha value is 1.88. The smallest absolute Gasteiger partial charge is 0.166 e. The van der Waals surface area contributed by atoms with E-state index in [2.05, 4.69) is 91.7 Å². The van der Waals surface area contributed by atoms with Gasteiger partial charge in [0, 0.05) is 32.3 Å². The van der Waals surface area contributed by atoms with Gasteiger partial charge in [-0.1, -0.05) is 104 Å². The summed E-state index contributed by atoms with van der Waals surface area (Å²) in [6.07, 6.45) is 2.79. The van der Waals surface area contributed by atoms with E-state index in [0.717, 1.165) is 0 Å². The maximum Gasteiger partial charge on any atom is 0.166 e. The number of hydrogen-bond acceptors (Lipinski definition) is 0. The van der Waals surface area contributed by atoms with Crippen LogP contribution in [0.2, 0.25) is 100 Å². The van der Waals surface area contributed by atoms with E-state index in [4.69, 9.17) is 22.2 Å². The Bertz CT molecular complexity index is 472. The highest BCUT2D eigenvalue weighted by atomic mass is 35.6. The summed E-state index contributed by atoms with van der Waals surface area (Å²) in [6, 6.07) is 0. The van der Waals surface area contributed by atoms with Crippen LogP contribution >= 0.6 is 22.2 Å². The summed E-state index contributed by atoms with van der Waals surface area (Å²) in [7, 11) is -6.06. The van der Waals surface area contributed by atoms with Crippen molar-refractivity contribution >= 4 is 68.3 Å².